The van der Waals surface area contributed by atoms with E-state index in [0.717, 1.165) is 21.4 Å². The maximum Gasteiger partial charge on any atom is 0.223 e. The predicted molar refractivity (Wildman–Crippen MR) is 83.5 cm³/mol. The molecule has 0 saturated heterocycles. The molecule has 7 nitrogen and oxygen atoms in total. The number of aromatic nitrogens is 5. The molecule has 0 spiro atoms. The van der Waals surface area contributed by atoms with Crippen molar-refractivity contribution in [2.24, 2.45) is 0 Å². The molecule has 0 amide bonds. The molecule has 0 aromatic carbocycles. The maximum absolute atomic E-state index is 12.2. The maximum atomic E-state index is 12.2. The van der Waals surface area contributed by atoms with Gasteiger partial charge in [-0.1, -0.05) is 11.6 Å². The van der Waals surface area contributed by atoms with E-state index in [4.69, 9.17) is 17.3 Å². The summed E-state index contributed by atoms with van der Waals surface area (Å²) in [7, 11) is 0. The van der Waals surface area contributed by atoms with Crippen LogP contribution >= 0.6 is 11.6 Å². The van der Waals surface area contributed by atoms with E-state index in [1.54, 1.807) is 17.1 Å². The number of halogens is 1. The van der Waals surface area contributed by atoms with Gasteiger partial charge in [0, 0.05) is 11.1 Å². The van der Waals surface area contributed by atoms with Crippen LogP contribution in [0.3, 0.4) is 0 Å². The first-order valence-corrected chi connectivity index (χ1v) is 7.09. The second kappa shape index (κ2) is 5.10. The van der Waals surface area contributed by atoms with Crippen LogP contribution in [0.15, 0.2) is 12.5 Å². The van der Waals surface area contributed by atoms with Crippen LogP contribution in [0.2, 0.25) is 5.15 Å². The van der Waals surface area contributed by atoms with Crippen molar-refractivity contribution in [1.82, 2.24) is 19.5 Å². The Morgan fingerprint density at radius 3 is 2.73 bits per heavy atom. The van der Waals surface area contributed by atoms with Gasteiger partial charge in [-0.3, -0.25) is 0 Å². The van der Waals surface area contributed by atoms with Crippen molar-refractivity contribution in [3.63, 3.8) is 0 Å². The molecular weight excluding hydrogens is 304 g/mol. The Labute approximate surface area is 132 Å². The summed E-state index contributed by atoms with van der Waals surface area (Å²) >= 11 is 6.01. The van der Waals surface area contributed by atoms with Gasteiger partial charge in [0.05, 0.1) is 6.33 Å². The predicted octanol–water partition coefficient (Wildman–Crippen LogP) is 1.67. The molecule has 0 radical (unpaired) electrons. The molecule has 0 unspecified atom stereocenters. The highest BCUT2D eigenvalue weighted by atomic mass is 35.5. The van der Waals surface area contributed by atoms with Crippen molar-refractivity contribution < 1.29 is 4.73 Å². The minimum Gasteiger partial charge on any atom is -0.618 e. The first-order chi connectivity index (χ1) is 10.4. The van der Waals surface area contributed by atoms with Gasteiger partial charge < -0.3 is 15.5 Å². The SMILES string of the molecule is Cc1c[n+]([O-])c(Cn2cnc3c(Cl)nc(N)nc32)c(C)c1C. The van der Waals surface area contributed by atoms with E-state index in [0.29, 0.717) is 23.4 Å². The fourth-order valence-electron chi connectivity index (χ4n) is 2.42. The topological polar surface area (TPSA) is 96.6 Å². The second-order valence-corrected chi connectivity index (χ2v) is 5.61. The number of nitrogen functional groups attached to an aromatic ring is 1. The van der Waals surface area contributed by atoms with Crippen LogP contribution in [-0.2, 0) is 6.54 Å². The zero-order chi connectivity index (χ0) is 16.0. The highest BCUT2D eigenvalue weighted by molar-refractivity contribution is 6.33. The molecule has 3 heterocycles. The van der Waals surface area contributed by atoms with Gasteiger partial charge in [0.15, 0.2) is 17.0 Å². The van der Waals surface area contributed by atoms with Crippen LogP contribution in [0.25, 0.3) is 11.2 Å². The van der Waals surface area contributed by atoms with Crippen LogP contribution in [-0.4, -0.2) is 19.5 Å². The zero-order valence-electron chi connectivity index (χ0n) is 12.5. The molecule has 2 N–H and O–H groups in total. The zero-order valence-corrected chi connectivity index (χ0v) is 13.2. The normalized spacial score (nSPS) is 11.3. The second-order valence-electron chi connectivity index (χ2n) is 5.25. The molecule has 0 aliphatic heterocycles. The fourth-order valence-corrected chi connectivity index (χ4v) is 2.64. The minimum atomic E-state index is 0.0751. The summed E-state index contributed by atoms with van der Waals surface area (Å²) in [5.41, 5.74) is 10.3. The van der Waals surface area contributed by atoms with Crippen LogP contribution in [0.1, 0.15) is 22.4 Å². The third kappa shape index (κ3) is 2.23. The van der Waals surface area contributed by atoms with E-state index in [2.05, 4.69) is 15.0 Å². The summed E-state index contributed by atoms with van der Waals surface area (Å²) < 4.78 is 2.63. The van der Waals surface area contributed by atoms with Crippen molar-refractivity contribution in [3.8, 4) is 0 Å². The van der Waals surface area contributed by atoms with E-state index in [1.165, 1.54) is 0 Å². The van der Waals surface area contributed by atoms with Crippen LogP contribution in [0.5, 0.6) is 0 Å². The number of fused-ring (bicyclic) bond motifs is 1. The van der Waals surface area contributed by atoms with Crippen molar-refractivity contribution in [1.29, 1.82) is 0 Å². The lowest BCUT2D eigenvalue weighted by Crippen LogP contribution is -2.35. The standard InChI is InChI=1S/C14H15ClN6O/c1-7-4-21(22)10(9(3)8(7)2)5-20-6-17-11-12(15)18-14(16)19-13(11)20/h4,6H,5H2,1-3H3,(H2,16,18,19). The molecule has 0 fully saturated rings. The smallest absolute Gasteiger partial charge is 0.223 e. The van der Waals surface area contributed by atoms with Gasteiger partial charge in [0.25, 0.3) is 0 Å². The summed E-state index contributed by atoms with van der Waals surface area (Å²) in [6, 6.07) is 0. The number of anilines is 1. The van der Waals surface area contributed by atoms with E-state index in [1.807, 2.05) is 20.8 Å². The molecule has 0 bridgehead atoms. The molecule has 3 rings (SSSR count). The lowest BCUT2D eigenvalue weighted by atomic mass is 10.0. The molecule has 22 heavy (non-hydrogen) atoms. The van der Waals surface area contributed by atoms with E-state index in [9.17, 15) is 5.21 Å². The number of hydrogen-bond acceptors (Lipinski definition) is 5. The molecule has 0 saturated carbocycles. The first-order valence-electron chi connectivity index (χ1n) is 6.71. The fraction of sp³-hybridized carbons (Fsp3) is 0.286. The Morgan fingerprint density at radius 1 is 1.27 bits per heavy atom. The van der Waals surface area contributed by atoms with E-state index < -0.39 is 0 Å². The van der Waals surface area contributed by atoms with Gasteiger partial charge in [-0.05, 0) is 26.3 Å². The number of nitrogens with zero attached hydrogens (tertiary/aromatic N) is 5. The van der Waals surface area contributed by atoms with Crippen molar-refractivity contribution in [2.75, 3.05) is 5.73 Å². The van der Waals surface area contributed by atoms with Crippen molar-refractivity contribution in [3.05, 3.63) is 45.3 Å². The Bertz CT molecular complexity index is 889. The average Bonchev–Trinajstić information content (AvgIpc) is 2.84. The molecule has 8 heteroatoms. The number of nitrogens with two attached hydrogens (primary N) is 1. The lowest BCUT2D eigenvalue weighted by molar-refractivity contribution is -0.615. The van der Waals surface area contributed by atoms with Crippen LogP contribution < -0.4 is 10.5 Å². The van der Waals surface area contributed by atoms with Gasteiger partial charge >= 0.3 is 0 Å². The van der Waals surface area contributed by atoms with Gasteiger partial charge in [0.2, 0.25) is 11.6 Å². The molecule has 3 aromatic rings. The summed E-state index contributed by atoms with van der Waals surface area (Å²) in [5.74, 6) is 0.0751. The van der Waals surface area contributed by atoms with Crippen LogP contribution in [0.4, 0.5) is 5.95 Å². The third-order valence-electron chi connectivity index (χ3n) is 3.92. The molecule has 0 aliphatic carbocycles. The highest BCUT2D eigenvalue weighted by Gasteiger charge is 2.18. The number of imidazole rings is 1. The monoisotopic (exact) mass is 318 g/mol. The summed E-state index contributed by atoms with van der Waals surface area (Å²) in [6.07, 6.45) is 3.16. The highest BCUT2D eigenvalue weighted by Crippen LogP contribution is 2.21. The van der Waals surface area contributed by atoms with E-state index in [-0.39, 0.29) is 11.1 Å². The number of pyridine rings is 1. The lowest BCUT2D eigenvalue weighted by Gasteiger charge is -2.12. The molecule has 3 aromatic heterocycles. The summed E-state index contributed by atoms with van der Waals surface area (Å²) in [4.78, 5) is 12.2. The van der Waals surface area contributed by atoms with E-state index >= 15 is 0 Å². The van der Waals surface area contributed by atoms with Crippen LogP contribution in [0, 0.1) is 26.0 Å². The minimum absolute atomic E-state index is 0.0751. The number of hydrogen-bond donors (Lipinski definition) is 1. The molecular formula is C14H15ClN6O. The Hall–Kier alpha value is -2.41. The number of rotatable bonds is 2. The van der Waals surface area contributed by atoms with Gasteiger partial charge in [-0.25, -0.2) is 4.98 Å². The Balaban J connectivity index is 2.14. The Morgan fingerprint density at radius 2 is 2.00 bits per heavy atom. The average molecular weight is 319 g/mol. The van der Waals surface area contributed by atoms with Gasteiger partial charge in [-0.15, -0.1) is 0 Å². The Kier molecular flexibility index (Phi) is 3.37. The largest absolute Gasteiger partial charge is 0.618 e. The third-order valence-corrected chi connectivity index (χ3v) is 4.19. The molecule has 114 valence electrons. The quantitative estimate of drug-likeness (QED) is 0.440. The molecule has 0 aliphatic rings. The van der Waals surface area contributed by atoms with Crippen molar-refractivity contribution >= 4 is 28.7 Å². The first kappa shape index (κ1) is 14.5. The van der Waals surface area contributed by atoms with Gasteiger partial charge in [-0.2, -0.15) is 14.7 Å². The summed E-state index contributed by atoms with van der Waals surface area (Å²) in [5, 5.41) is 12.4. The summed E-state index contributed by atoms with van der Waals surface area (Å²) in [6.45, 7) is 6.18. The number of aryl methyl sites for hydroxylation is 1. The van der Waals surface area contributed by atoms with Gasteiger partial charge in [0.1, 0.15) is 12.1 Å². The molecule has 0 atom stereocenters. The van der Waals surface area contributed by atoms with Crippen molar-refractivity contribution in [2.45, 2.75) is 27.3 Å².